The van der Waals surface area contributed by atoms with E-state index in [-0.39, 0.29) is 30.1 Å². The van der Waals surface area contributed by atoms with Crippen molar-refractivity contribution in [2.75, 3.05) is 6.54 Å². The van der Waals surface area contributed by atoms with E-state index in [1.165, 1.54) is 19.1 Å². The van der Waals surface area contributed by atoms with E-state index in [1.54, 1.807) is 19.1 Å². The van der Waals surface area contributed by atoms with Crippen molar-refractivity contribution in [3.63, 3.8) is 0 Å². The van der Waals surface area contributed by atoms with E-state index >= 15 is 0 Å². The Morgan fingerprint density at radius 1 is 1.20 bits per heavy atom. The Balaban J connectivity index is 0.000000463. The average molecular weight is 354 g/mol. The summed E-state index contributed by atoms with van der Waals surface area (Å²) in [5.41, 5.74) is 5.17. The highest BCUT2D eigenvalue weighted by atomic mass is 16.5. The van der Waals surface area contributed by atoms with Gasteiger partial charge in [-0.2, -0.15) is 0 Å². The fraction of sp³-hybridized carbons (Fsp3) is 0.375. The number of aromatic carboxylic acids is 1. The summed E-state index contributed by atoms with van der Waals surface area (Å²) in [6.45, 7) is 3.58. The molecule has 0 saturated carbocycles. The minimum Gasteiger partial charge on any atom is -0.480 e. The van der Waals surface area contributed by atoms with Gasteiger partial charge in [-0.05, 0) is 25.5 Å². The van der Waals surface area contributed by atoms with Crippen molar-refractivity contribution in [2.45, 2.75) is 32.7 Å². The van der Waals surface area contributed by atoms with Crippen molar-refractivity contribution in [1.82, 2.24) is 5.32 Å². The van der Waals surface area contributed by atoms with Crippen molar-refractivity contribution in [2.24, 2.45) is 5.73 Å². The van der Waals surface area contributed by atoms with Gasteiger partial charge in [0, 0.05) is 19.9 Å². The predicted octanol–water partition coefficient (Wildman–Crippen LogP) is 0.625. The Bertz CT molecular complexity index is 616. The first-order chi connectivity index (χ1) is 11.7. The number of ether oxygens (including phenoxy) is 1. The number of aliphatic carboxylic acids is 1. The summed E-state index contributed by atoms with van der Waals surface area (Å²) in [7, 11) is 0. The largest absolute Gasteiger partial charge is 0.480 e. The number of carboxylic acids is 2. The third-order valence-corrected chi connectivity index (χ3v) is 2.74. The highest BCUT2D eigenvalue weighted by Gasteiger charge is 2.12. The molecule has 25 heavy (non-hydrogen) atoms. The standard InChI is InChI=1S/C9H8O4.C7H14N2O3/c1-6(10)13-8-5-3-2-4-7(8)9(11)12;1-2-9-6(10)4-3-5(8)7(11)12/h2-5H,1H3,(H,11,12);5H,2-4,8H2,1H3,(H,9,10)(H,11,12)/t;5-/m.0/s1. The van der Waals surface area contributed by atoms with Crippen LogP contribution in [0.3, 0.4) is 0 Å². The van der Waals surface area contributed by atoms with Crippen LogP contribution in [0, 0.1) is 0 Å². The lowest BCUT2D eigenvalue weighted by Crippen LogP contribution is -2.32. The minimum absolute atomic E-state index is 0.0160. The van der Waals surface area contributed by atoms with Gasteiger partial charge in [-0.15, -0.1) is 0 Å². The number of amides is 1. The van der Waals surface area contributed by atoms with E-state index in [9.17, 15) is 19.2 Å². The summed E-state index contributed by atoms with van der Waals surface area (Å²) < 4.78 is 4.69. The molecule has 0 unspecified atom stereocenters. The molecule has 1 amide bonds. The molecule has 0 radical (unpaired) electrons. The van der Waals surface area contributed by atoms with Crippen molar-refractivity contribution >= 4 is 23.8 Å². The van der Waals surface area contributed by atoms with Crippen molar-refractivity contribution < 1.29 is 34.1 Å². The van der Waals surface area contributed by atoms with Crippen molar-refractivity contribution in [3.8, 4) is 5.75 Å². The van der Waals surface area contributed by atoms with E-state index in [1.807, 2.05) is 0 Å². The zero-order chi connectivity index (χ0) is 19.4. The Labute approximate surface area is 144 Å². The lowest BCUT2D eigenvalue weighted by atomic mass is 10.1. The summed E-state index contributed by atoms with van der Waals surface area (Å²) in [6, 6.07) is 5.04. The van der Waals surface area contributed by atoms with Crippen LogP contribution in [0.4, 0.5) is 0 Å². The number of rotatable bonds is 7. The second kappa shape index (κ2) is 11.6. The summed E-state index contributed by atoms with van der Waals surface area (Å²) in [5, 5.41) is 19.6. The topological polar surface area (TPSA) is 156 Å². The highest BCUT2D eigenvalue weighted by Crippen LogP contribution is 2.17. The fourth-order valence-corrected chi connectivity index (χ4v) is 1.58. The second-order valence-corrected chi connectivity index (χ2v) is 4.83. The second-order valence-electron chi connectivity index (χ2n) is 4.83. The molecule has 1 rings (SSSR count). The number of carbonyl (C=O) groups is 4. The third-order valence-electron chi connectivity index (χ3n) is 2.74. The van der Waals surface area contributed by atoms with E-state index in [2.05, 4.69) is 10.1 Å². The van der Waals surface area contributed by atoms with Crippen LogP contribution in [0.5, 0.6) is 5.75 Å². The third kappa shape index (κ3) is 9.72. The van der Waals surface area contributed by atoms with Crippen LogP contribution < -0.4 is 15.8 Å². The molecule has 0 aliphatic carbocycles. The van der Waals surface area contributed by atoms with Gasteiger partial charge in [0.1, 0.15) is 17.4 Å². The monoisotopic (exact) mass is 354 g/mol. The van der Waals surface area contributed by atoms with Crippen LogP contribution in [-0.2, 0) is 14.4 Å². The zero-order valence-corrected chi connectivity index (χ0v) is 14.0. The molecule has 0 aromatic heterocycles. The SMILES string of the molecule is CC(=O)Oc1ccccc1C(=O)O.CCNC(=O)CC[C@H](N)C(=O)O. The zero-order valence-electron chi connectivity index (χ0n) is 14.0. The molecule has 0 saturated heterocycles. The van der Waals surface area contributed by atoms with Gasteiger partial charge < -0.3 is 26.0 Å². The number of nitrogens with two attached hydrogens (primary N) is 1. The first-order valence-electron chi connectivity index (χ1n) is 7.44. The molecule has 0 fully saturated rings. The van der Waals surface area contributed by atoms with Crippen LogP contribution >= 0.6 is 0 Å². The van der Waals surface area contributed by atoms with E-state index < -0.39 is 23.9 Å². The van der Waals surface area contributed by atoms with Gasteiger partial charge in [0.15, 0.2) is 0 Å². The number of para-hydroxylation sites is 1. The molecule has 1 aromatic carbocycles. The van der Waals surface area contributed by atoms with Crippen LogP contribution in [0.15, 0.2) is 24.3 Å². The maximum absolute atomic E-state index is 10.8. The fourth-order valence-electron chi connectivity index (χ4n) is 1.58. The molecule has 0 aliphatic rings. The van der Waals surface area contributed by atoms with E-state index in [0.29, 0.717) is 6.54 Å². The molecule has 0 spiro atoms. The van der Waals surface area contributed by atoms with Gasteiger partial charge >= 0.3 is 17.9 Å². The minimum atomic E-state index is -1.11. The van der Waals surface area contributed by atoms with Gasteiger partial charge in [0.2, 0.25) is 5.91 Å². The molecule has 9 nitrogen and oxygen atoms in total. The first-order valence-corrected chi connectivity index (χ1v) is 7.44. The van der Waals surface area contributed by atoms with Crippen LogP contribution in [0.2, 0.25) is 0 Å². The summed E-state index contributed by atoms with van der Waals surface area (Å²) in [4.78, 5) is 42.2. The Morgan fingerprint density at radius 3 is 2.28 bits per heavy atom. The molecule has 138 valence electrons. The van der Waals surface area contributed by atoms with E-state index in [0.717, 1.165) is 0 Å². The normalized spacial score (nSPS) is 10.7. The molecular formula is C16H22N2O7. The number of nitrogens with one attached hydrogen (secondary N) is 1. The maximum Gasteiger partial charge on any atom is 0.339 e. The maximum atomic E-state index is 10.8. The van der Waals surface area contributed by atoms with Crippen LogP contribution in [-0.4, -0.2) is 46.6 Å². The summed E-state index contributed by atoms with van der Waals surface area (Å²) in [6.07, 6.45) is 0.350. The number of hydrogen-bond acceptors (Lipinski definition) is 6. The molecule has 1 atom stereocenters. The lowest BCUT2D eigenvalue weighted by Gasteiger charge is -2.05. The molecular weight excluding hydrogens is 332 g/mol. The van der Waals surface area contributed by atoms with Crippen LogP contribution in [0.25, 0.3) is 0 Å². The molecule has 9 heteroatoms. The number of carbonyl (C=O) groups excluding carboxylic acids is 2. The highest BCUT2D eigenvalue weighted by molar-refractivity contribution is 5.91. The molecule has 0 heterocycles. The van der Waals surface area contributed by atoms with Gasteiger partial charge in [-0.25, -0.2) is 4.79 Å². The smallest absolute Gasteiger partial charge is 0.339 e. The molecule has 0 aliphatic heterocycles. The van der Waals surface area contributed by atoms with Crippen LogP contribution in [0.1, 0.15) is 37.0 Å². The number of benzene rings is 1. The van der Waals surface area contributed by atoms with Gasteiger partial charge in [-0.3, -0.25) is 14.4 Å². The number of esters is 1. The molecule has 5 N–H and O–H groups in total. The van der Waals surface area contributed by atoms with Crippen molar-refractivity contribution in [1.29, 1.82) is 0 Å². The van der Waals surface area contributed by atoms with Gasteiger partial charge in [0.05, 0.1) is 0 Å². The quantitative estimate of drug-likeness (QED) is 0.410. The van der Waals surface area contributed by atoms with E-state index in [4.69, 9.17) is 15.9 Å². The predicted molar refractivity (Wildman–Crippen MR) is 88.2 cm³/mol. The number of hydrogen-bond donors (Lipinski definition) is 4. The Morgan fingerprint density at radius 2 is 1.80 bits per heavy atom. The number of carboxylic acid groups (broad SMARTS) is 2. The van der Waals surface area contributed by atoms with Crippen molar-refractivity contribution in [3.05, 3.63) is 29.8 Å². The lowest BCUT2D eigenvalue weighted by molar-refractivity contribution is -0.138. The first kappa shape index (κ1) is 22.1. The van der Waals surface area contributed by atoms with Gasteiger partial charge in [-0.1, -0.05) is 12.1 Å². The molecule has 0 bridgehead atoms. The summed E-state index contributed by atoms with van der Waals surface area (Å²) in [5.74, 6) is -2.80. The van der Waals surface area contributed by atoms with Gasteiger partial charge in [0.25, 0.3) is 0 Å². The molecule has 1 aromatic rings. The summed E-state index contributed by atoms with van der Waals surface area (Å²) >= 11 is 0. The Kier molecular flexibility index (Phi) is 10.2. The Hall–Kier alpha value is -2.94. The average Bonchev–Trinajstić information content (AvgIpc) is 2.53.